The lowest BCUT2D eigenvalue weighted by molar-refractivity contribution is -0.114. The summed E-state index contributed by atoms with van der Waals surface area (Å²) in [6.07, 6.45) is 2.82. The molecule has 0 unspecified atom stereocenters. The van der Waals surface area contributed by atoms with Gasteiger partial charge in [0.15, 0.2) is 5.78 Å². The Morgan fingerprint density at radius 2 is 1.92 bits per heavy atom. The first kappa shape index (κ1) is 10.9. The number of hydrogen-bond donors (Lipinski definition) is 0. The predicted molar refractivity (Wildman–Crippen MR) is 52.0 cm³/mol. The van der Waals surface area contributed by atoms with Gasteiger partial charge >= 0.3 is 0 Å². The van der Waals surface area contributed by atoms with Crippen molar-refractivity contribution in [3.63, 3.8) is 0 Å². The Hall–Kier alpha value is -1.07. The van der Waals surface area contributed by atoms with Crippen LogP contribution in [-0.4, -0.2) is 5.78 Å². The fraction of sp³-hybridized carbons (Fsp3) is 0.455. The van der Waals surface area contributed by atoms with Gasteiger partial charge in [0.1, 0.15) is 0 Å². The lowest BCUT2D eigenvalue weighted by Crippen LogP contribution is -1.92. The highest BCUT2D eigenvalue weighted by atomic mass is 16.1. The van der Waals surface area contributed by atoms with Gasteiger partial charge < -0.3 is 0 Å². The number of allylic oxidation sites excluding steroid dienone is 3. The van der Waals surface area contributed by atoms with E-state index in [0.717, 1.165) is 6.42 Å². The van der Waals surface area contributed by atoms with Gasteiger partial charge in [-0.1, -0.05) is 17.7 Å². The third-order valence-corrected chi connectivity index (χ3v) is 1.86. The summed E-state index contributed by atoms with van der Waals surface area (Å²) in [7, 11) is 0. The van der Waals surface area contributed by atoms with Crippen LogP contribution in [0.2, 0.25) is 0 Å². The van der Waals surface area contributed by atoms with E-state index in [4.69, 9.17) is 0 Å². The maximum Gasteiger partial charge on any atom is 0.163 e. The Balaban J connectivity index is 3.93. The molecule has 0 aliphatic carbocycles. The van der Waals surface area contributed by atoms with Crippen LogP contribution in [-0.2, 0) is 4.79 Å². The standard InChI is InChI=1S/C11H16O/c1-5-6-11(12)8-7-10(4)9(2)3/h6H,1,7-8H2,2-4H3. The van der Waals surface area contributed by atoms with Crippen molar-refractivity contribution in [3.8, 4) is 0 Å². The molecule has 0 fully saturated rings. The minimum absolute atomic E-state index is 0.102. The molecule has 66 valence electrons. The van der Waals surface area contributed by atoms with Crippen molar-refractivity contribution >= 4 is 5.78 Å². The highest BCUT2D eigenvalue weighted by Gasteiger charge is 1.98. The second-order valence-corrected chi connectivity index (χ2v) is 3.10. The molecule has 0 rings (SSSR count). The summed E-state index contributed by atoms with van der Waals surface area (Å²) >= 11 is 0. The van der Waals surface area contributed by atoms with Crippen LogP contribution < -0.4 is 0 Å². The van der Waals surface area contributed by atoms with Gasteiger partial charge in [0.05, 0.1) is 0 Å². The second-order valence-electron chi connectivity index (χ2n) is 3.10. The van der Waals surface area contributed by atoms with E-state index in [-0.39, 0.29) is 5.78 Å². The molecule has 12 heavy (non-hydrogen) atoms. The normalized spacial score (nSPS) is 8.58. The topological polar surface area (TPSA) is 17.1 Å². The van der Waals surface area contributed by atoms with Crippen LogP contribution in [0, 0.1) is 0 Å². The Morgan fingerprint density at radius 1 is 1.33 bits per heavy atom. The molecule has 0 N–H and O–H groups in total. The van der Waals surface area contributed by atoms with Crippen molar-refractivity contribution in [2.24, 2.45) is 0 Å². The molecule has 0 aromatic heterocycles. The van der Waals surface area contributed by atoms with Gasteiger partial charge in [-0.25, -0.2) is 0 Å². The lowest BCUT2D eigenvalue weighted by Gasteiger charge is -2.00. The average molecular weight is 164 g/mol. The molecule has 0 heterocycles. The van der Waals surface area contributed by atoms with E-state index in [9.17, 15) is 4.79 Å². The second kappa shape index (κ2) is 5.56. The highest BCUT2D eigenvalue weighted by molar-refractivity contribution is 5.89. The number of carbonyl (C=O) groups is 1. The fourth-order valence-electron chi connectivity index (χ4n) is 0.747. The third kappa shape index (κ3) is 4.70. The van der Waals surface area contributed by atoms with Gasteiger partial charge in [0.2, 0.25) is 0 Å². The van der Waals surface area contributed by atoms with E-state index < -0.39 is 0 Å². The van der Waals surface area contributed by atoms with Gasteiger partial charge in [0, 0.05) is 12.5 Å². The van der Waals surface area contributed by atoms with E-state index in [2.05, 4.69) is 33.1 Å². The van der Waals surface area contributed by atoms with Crippen LogP contribution >= 0.6 is 0 Å². The van der Waals surface area contributed by atoms with Crippen molar-refractivity contribution in [3.05, 3.63) is 29.5 Å². The molecule has 0 atom stereocenters. The molecule has 0 aliphatic heterocycles. The quantitative estimate of drug-likeness (QED) is 0.354. The van der Waals surface area contributed by atoms with Crippen LogP contribution in [0.1, 0.15) is 33.6 Å². The Morgan fingerprint density at radius 3 is 2.33 bits per heavy atom. The summed E-state index contributed by atoms with van der Waals surface area (Å²) in [5.41, 5.74) is 5.07. The van der Waals surface area contributed by atoms with Crippen molar-refractivity contribution < 1.29 is 4.79 Å². The maximum atomic E-state index is 11.0. The Kier molecular flexibility index (Phi) is 5.07. The van der Waals surface area contributed by atoms with E-state index in [1.54, 1.807) is 0 Å². The molecule has 1 nitrogen and oxygen atoms in total. The van der Waals surface area contributed by atoms with Gasteiger partial charge in [-0.15, -0.1) is 5.73 Å². The third-order valence-electron chi connectivity index (χ3n) is 1.86. The van der Waals surface area contributed by atoms with E-state index >= 15 is 0 Å². The van der Waals surface area contributed by atoms with Crippen molar-refractivity contribution in [1.29, 1.82) is 0 Å². The smallest absolute Gasteiger partial charge is 0.163 e. The summed E-state index contributed by atoms with van der Waals surface area (Å²) in [6, 6.07) is 0. The molecule has 0 spiro atoms. The molecule has 0 saturated heterocycles. The summed E-state index contributed by atoms with van der Waals surface area (Å²) in [5, 5.41) is 0. The Labute approximate surface area is 74.5 Å². The van der Waals surface area contributed by atoms with Crippen LogP contribution in [0.25, 0.3) is 0 Å². The zero-order valence-electron chi connectivity index (χ0n) is 8.11. The zero-order valence-corrected chi connectivity index (χ0v) is 8.11. The summed E-state index contributed by atoms with van der Waals surface area (Å²) in [5.74, 6) is 0.102. The average Bonchev–Trinajstić information content (AvgIpc) is 2.00. The van der Waals surface area contributed by atoms with Crippen molar-refractivity contribution in [1.82, 2.24) is 0 Å². The summed E-state index contributed by atoms with van der Waals surface area (Å²) in [6.45, 7) is 9.52. The minimum Gasteiger partial charge on any atom is -0.294 e. The largest absolute Gasteiger partial charge is 0.294 e. The van der Waals surface area contributed by atoms with Gasteiger partial charge in [-0.05, 0) is 27.2 Å². The van der Waals surface area contributed by atoms with E-state index in [1.165, 1.54) is 17.2 Å². The van der Waals surface area contributed by atoms with Gasteiger partial charge in [0.25, 0.3) is 0 Å². The van der Waals surface area contributed by atoms with Crippen LogP contribution in [0.5, 0.6) is 0 Å². The molecule has 0 radical (unpaired) electrons. The molecule has 1 heteroatoms. The molecule has 0 saturated carbocycles. The lowest BCUT2D eigenvalue weighted by atomic mass is 10.1. The van der Waals surface area contributed by atoms with E-state index in [1.807, 2.05) is 0 Å². The molecule has 0 aromatic rings. The van der Waals surface area contributed by atoms with Crippen molar-refractivity contribution in [2.45, 2.75) is 33.6 Å². The van der Waals surface area contributed by atoms with Crippen LogP contribution in [0.4, 0.5) is 0 Å². The molecular formula is C11H16O. The van der Waals surface area contributed by atoms with Crippen LogP contribution in [0.15, 0.2) is 29.5 Å². The first-order chi connectivity index (χ1) is 5.57. The SMILES string of the molecule is C=C=CC(=O)CCC(C)=C(C)C. The molecular weight excluding hydrogens is 148 g/mol. The number of rotatable bonds is 4. The zero-order chi connectivity index (χ0) is 9.56. The van der Waals surface area contributed by atoms with E-state index in [0.29, 0.717) is 6.42 Å². The molecule has 0 aliphatic rings. The number of carbonyl (C=O) groups excluding carboxylic acids is 1. The molecule has 0 bridgehead atoms. The summed E-state index contributed by atoms with van der Waals surface area (Å²) in [4.78, 5) is 11.0. The van der Waals surface area contributed by atoms with Gasteiger partial charge in [-0.2, -0.15) is 0 Å². The maximum absolute atomic E-state index is 11.0. The van der Waals surface area contributed by atoms with Gasteiger partial charge in [-0.3, -0.25) is 4.79 Å². The number of hydrogen-bond acceptors (Lipinski definition) is 1. The van der Waals surface area contributed by atoms with Crippen molar-refractivity contribution in [2.75, 3.05) is 0 Å². The number of ketones is 1. The Bertz CT molecular complexity index is 236. The minimum atomic E-state index is 0.102. The fourth-order valence-corrected chi connectivity index (χ4v) is 0.747. The summed E-state index contributed by atoms with van der Waals surface area (Å²) < 4.78 is 0. The molecule has 0 aromatic carbocycles. The predicted octanol–water partition coefficient (Wildman–Crippen LogP) is 3.03. The first-order valence-electron chi connectivity index (χ1n) is 4.09. The monoisotopic (exact) mass is 164 g/mol. The van der Waals surface area contributed by atoms with Crippen LogP contribution in [0.3, 0.4) is 0 Å². The molecule has 0 amide bonds. The highest BCUT2D eigenvalue weighted by Crippen LogP contribution is 2.09. The first-order valence-corrected chi connectivity index (χ1v) is 4.09.